The fraction of sp³-hybridized carbons (Fsp3) is 0.562. The molecule has 1 saturated heterocycles. The molecule has 1 atom stereocenters. The standard InChI is InChI=1S/C16H20ClNO4/c1-10-11(6-9-22-10)12-14(19)13(17)15(16(12,20-2)21-3)18-7-4-5-8-18/h6,9,12H,4-5,7-8H2,1-3H3. The number of furan rings is 1. The lowest BCUT2D eigenvalue weighted by atomic mass is 9.90. The molecule has 0 aromatic carbocycles. The summed E-state index contributed by atoms with van der Waals surface area (Å²) in [6, 6.07) is 1.78. The fourth-order valence-corrected chi connectivity index (χ4v) is 3.92. The largest absolute Gasteiger partial charge is 0.469 e. The minimum absolute atomic E-state index is 0.184. The Bertz CT molecular complexity index is 611. The van der Waals surface area contributed by atoms with Crippen molar-refractivity contribution in [3.05, 3.63) is 34.4 Å². The Kier molecular flexibility index (Phi) is 4.05. The first kappa shape index (κ1) is 15.6. The van der Waals surface area contributed by atoms with Gasteiger partial charge in [-0.05, 0) is 25.8 Å². The maximum atomic E-state index is 12.8. The third-order valence-electron chi connectivity index (χ3n) is 4.64. The van der Waals surface area contributed by atoms with Crippen LogP contribution < -0.4 is 0 Å². The van der Waals surface area contributed by atoms with Crippen LogP contribution in [0.4, 0.5) is 0 Å². The van der Waals surface area contributed by atoms with E-state index >= 15 is 0 Å². The van der Waals surface area contributed by atoms with E-state index in [0.717, 1.165) is 31.5 Å². The quantitative estimate of drug-likeness (QED) is 0.797. The van der Waals surface area contributed by atoms with Gasteiger partial charge < -0.3 is 18.8 Å². The summed E-state index contributed by atoms with van der Waals surface area (Å²) in [6.45, 7) is 3.52. The molecule has 2 heterocycles. The first-order valence-corrected chi connectivity index (χ1v) is 7.78. The van der Waals surface area contributed by atoms with Crippen LogP contribution in [0.1, 0.15) is 30.1 Å². The molecular weight excluding hydrogens is 306 g/mol. The van der Waals surface area contributed by atoms with Gasteiger partial charge in [-0.15, -0.1) is 0 Å². The Morgan fingerprint density at radius 1 is 1.32 bits per heavy atom. The SMILES string of the molecule is COC1(OC)C(N2CCCC2)=C(Cl)C(=O)C1c1ccoc1C. The minimum Gasteiger partial charge on any atom is -0.469 e. The number of halogens is 1. The van der Waals surface area contributed by atoms with Gasteiger partial charge in [0.1, 0.15) is 16.7 Å². The summed E-state index contributed by atoms with van der Waals surface area (Å²) in [5.41, 5.74) is 1.40. The maximum absolute atomic E-state index is 12.8. The molecule has 2 aliphatic rings. The van der Waals surface area contributed by atoms with Crippen molar-refractivity contribution in [1.82, 2.24) is 4.90 Å². The number of ketones is 1. The smallest absolute Gasteiger partial charge is 0.225 e. The number of methoxy groups -OCH3 is 2. The molecule has 1 aliphatic heterocycles. The lowest BCUT2D eigenvalue weighted by Gasteiger charge is -2.37. The predicted octanol–water partition coefficient (Wildman–Crippen LogP) is 2.79. The molecule has 0 saturated carbocycles. The van der Waals surface area contributed by atoms with E-state index in [0.29, 0.717) is 11.5 Å². The zero-order chi connectivity index (χ0) is 15.9. The lowest BCUT2D eigenvalue weighted by Crippen LogP contribution is -2.46. The zero-order valence-electron chi connectivity index (χ0n) is 13.0. The number of ether oxygens (including phenoxy) is 2. The highest BCUT2D eigenvalue weighted by Crippen LogP contribution is 2.50. The normalized spacial score (nSPS) is 24.6. The lowest BCUT2D eigenvalue weighted by molar-refractivity contribution is -0.198. The number of carbonyl (C=O) groups is 1. The highest BCUT2D eigenvalue weighted by atomic mass is 35.5. The van der Waals surface area contributed by atoms with Crippen LogP contribution in [0.3, 0.4) is 0 Å². The van der Waals surface area contributed by atoms with Crippen molar-refractivity contribution in [2.75, 3.05) is 27.3 Å². The Balaban J connectivity index is 2.13. The molecule has 6 heteroatoms. The average molecular weight is 326 g/mol. The third-order valence-corrected chi connectivity index (χ3v) is 5.00. The predicted molar refractivity (Wildman–Crippen MR) is 81.6 cm³/mol. The van der Waals surface area contributed by atoms with Gasteiger partial charge in [0.15, 0.2) is 5.78 Å². The number of carbonyl (C=O) groups excluding carboxylic acids is 1. The molecule has 1 fully saturated rings. The van der Waals surface area contributed by atoms with Gasteiger partial charge in [0, 0.05) is 32.9 Å². The van der Waals surface area contributed by atoms with Crippen LogP contribution in [0, 0.1) is 6.92 Å². The van der Waals surface area contributed by atoms with Crippen LogP contribution in [0.25, 0.3) is 0 Å². The van der Waals surface area contributed by atoms with E-state index in [-0.39, 0.29) is 10.8 Å². The highest BCUT2D eigenvalue weighted by molar-refractivity contribution is 6.45. The Hall–Kier alpha value is -1.30. The molecule has 5 nitrogen and oxygen atoms in total. The second-order valence-electron chi connectivity index (χ2n) is 5.66. The second kappa shape index (κ2) is 5.72. The molecule has 3 rings (SSSR count). The van der Waals surface area contributed by atoms with Crippen molar-refractivity contribution in [2.45, 2.75) is 31.5 Å². The number of likely N-dealkylation sites (tertiary alicyclic amines) is 1. The van der Waals surface area contributed by atoms with Crippen LogP contribution in [0.5, 0.6) is 0 Å². The molecule has 1 aliphatic carbocycles. The first-order valence-electron chi connectivity index (χ1n) is 7.40. The van der Waals surface area contributed by atoms with Gasteiger partial charge in [-0.25, -0.2) is 0 Å². The number of allylic oxidation sites excluding steroid dienone is 1. The van der Waals surface area contributed by atoms with Crippen molar-refractivity contribution in [1.29, 1.82) is 0 Å². The Labute approximate surface area is 134 Å². The Morgan fingerprint density at radius 2 is 1.95 bits per heavy atom. The van der Waals surface area contributed by atoms with Crippen LogP contribution in [-0.4, -0.2) is 43.8 Å². The topological polar surface area (TPSA) is 51.9 Å². The van der Waals surface area contributed by atoms with Gasteiger partial charge in [-0.3, -0.25) is 4.79 Å². The van der Waals surface area contributed by atoms with Crippen LogP contribution in [0.2, 0.25) is 0 Å². The number of hydrogen-bond acceptors (Lipinski definition) is 5. The highest BCUT2D eigenvalue weighted by Gasteiger charge is 2.58. The zero-order valence-corrected chi connectivity index (χ0v) is 13.8. The summed E-state index contributed by atoms with van der Waals surface area (Å²) >= 11 is 6.41. The monoisotopic (exact) mass is 325 g/mol. The first-order chi connectivity index (χ1) is 10.6. The molecule has 1 unspecified atom stereocenters. The molecule has 22 heavy (non-hydrogen) atoms. The van der Waals surface area contributed by atoms with E-state index in [9.17, 15) is 4.79 Å². The van der Waals surface area contributed by atoms with E-state index in [2.05, 4.69) is 4.90 Å². The van der Waals surface area contributed by atoms with E-state index in [1.54, 1.807) is 26.5 Å². The molecule has 0 spiro atoms. The summed E-state index contributed by atoms with van der Waals surface area (Å²) in [5, 5.41) is 0.205. The number of Topliss-reactive ketones (excluding diaryl/α,β-unsaturated/α-hetero) is 1. The van der Waals surface area contributed by atoms with E-state index in [1.807, 2.05) is 6.92 Å². The summed E-state index contributed by atoms with van der Waals surface area (Å²) < 4.78 is 16.8. The van der Waals surface area contributed by atoms with Crippen LogP contribution >= 0.6 is 11.6 Å². The van der Waals surface area contributed by atoms with Gasteiger partial charge in [-0.2, -0.15) is 0 Å². The molecule has 0 N–H and O–H groups in total. The molecular formula is C16H20ClNO4. The average Bonchev–Trinajstić information content (AvgIpc) is 3.21. The van der Waals surface area contributed by atoms with Gasteiger partial charge in [0.25, 0.3) is 0 Å². The van der Waals surface area contributed by atoms with Gasteiger partial charge >= 0.3 is 0 Å². The minimum atomic E-state index is -1.20. The van der Waals surface area contributed by atoms with Crippen molar-refractivity contribution >= 4 is 17.4 Å². The fourth-order valence-electron chi connectivity index (χ4n) is 3.56. The maximum Gasteiger partial charge on any atom is 0.225 e. The van der Waals surface area contributed by atoms with Crippen molar-refractivity contribution in [3.63, 3.8) is 0 Å². The molecule has 0 radical (unpaired) electrons. The molecule has 120 valence electrons. The molecule has 1 aromatic rings. The molecule has 1 aromatic heterocycles. The second-order valence-corrected chi connectivity index (χ2v) is 6.04. The van der Waals surface area contributed by atoms with Crippen molar-refractivity contribution in [2.24, 2.45) is 0 Å². The van der Waals surface area contributed by atoms with Gasteiger partial charge in [0.2, 0.25) is 5.79 Å². The van der Waals surface area contributed by atoms with E-state index in [1.165, 1.54) is 0 Å². The number of rotatable bonds is 4. The number of aryl methyl sites for hydroxylation is 1. The van der Waals surface area contributed by atoms with Gasteiger partial charge in [-0.1, -0.05) is 11.6 Å². The number of hydrogen-bond donors (Lipinski definition) is 0. The molecule has 0 amide bonds. The van der Waals surface area contributed by atoms with E-state index < -0.39 is 11.7 Å². The van der Waals surface area contributed by atoms with E-state index in [4.69, 9.17) is 25.5 Å². The Morgan fingerprint density at radius 3 is 2.45 bits per heavy atom. The third kappa shape index (κ3) is 2.03. The summed E-state index contributed by atoms with van der Waals surface area (Å²) in [5.74, 6) is -1.36. The summed E-state index contributed by atoms with van der Waals surface area (Å²) in [4.78, 5) is 14.9. The summed E-state index contributed by atoms with van der Waals surface area (Å²) in [6.07, 6.45) is 3.71. The van der Waals surface area contributed by atoms with Crippen molar-refractivity contribution < 1.29 is 18.7 Å². The number of nitrogens with zero attached hydrogens (tertiary/aromatic N) is 1. The van der Waals surface area contributed by atoms with Crippen molar-refractivity contribution in [3.8, 4) is 0 Å². The van der Waals surface area contributed by atoms with Crippen LogP contribution in [0.15, 0.2) is 27.5 Å². The summed E-state index contributed by atoms with van der Waals surface area (Å²) in [7, 11) is 3.09. The van der Waals surface area contributed by atoms with Crippen LogP contribution in [-0.2, 0) is 14.3 Å². The van der Waals surface area contributed by atoms with Gasteiger partial charge in [0.05, 0.1) is 12.0 Å². The molecule has 0 bridgehead atoms.